The number of carboxylic acids is 1. The van der Waals surface area contributed by atoms with Crippen molar-refractivity contribution < 1.29 is 19.6 Å². The normalized spacial score (nSPS) is 10.3. The largest absolute Gasteiger partial charge is 0.477 e. The molecular weight excluding hydrogens is 280 g/mol. The van der Waals surface area contributed by atoms with Crippen LogP contribution in [0.3, 0.4) is 0 Å². The smallest absolute Gasteiger partial charge is 0.343 e. The number of aromatic carboxylic acids is 1. The van der Waals surface area contributed by atoms with Gasteiger partial charge in [-0.1, -0.05) is 12.1 Å². The van der Waals surface area contributed by atoms with Crippen LogP contribution in [-0.4, -0.2) is 31.7 Å². The van der Waals surface area contributed by atoms with E-state index in [0.717, 1.165) is 6.07 Å². The van der Waals surface area contributed by atoms with Gasteiger partial charge in [0.15, 0.2) is 0 Å². The molecule has 1 aromatic heterocycles. The maximum absolute atomic E-state index is 11.2. The molecule has 0 aliphatic rings. The predicted octanol–water partition coefficient (Wildman–Crippen LogP) is 0.637. The number of hydrogen-bond donors (Lipinski definition) is 2. The van der Waals surface area contributed by atoms with Crippen LogP contribution < -0.4 is 5.73 Å². The van der Waals surface area contributed by atoms with Crippen molar-refractivity contribution in [2.45, 2.75) is 6.54 Å². The van der Waals surface area contributed by atoms with Gasteiger partial charge < -0.3 is 10.8 Å². The number of aromatic nitrogens is 2. The molecule has 3 N–H and O–H groups in total. The molecule has 0 saturated heterocycles. The number of rotatable bonds is 5. The van der Waals surface area contributed by atoms with E-state index in [-0.39, 0.29) is 17.8 Å². The Bertz CT molecular complexity index is 737. The van der Waals surface area contributed by atoms with Crippen LogP contribution in [-0.2, 0) is 6.54 Å². The van der Waals surface area contributed by atoms with Gasteiger partial charge in [0, 0.05) is 12.3 Å². The molecule has 0 bridgehead atoms. The number of nitrogens with two attached hydrogens (primary N) is 1. The molecule has 0 aliphatic heterocycles. The zero-order valence-corrected chi connectivity index (χ0v) is 10.6. The van der Waals surface area contributed by atoms with E-state index in [4.69, 9.17) is 10.8 Å². The number of primary amides is 1. The number of hydrogen-bond acceptors (Lipinski definition) is 5. The minimum absolute atomic E-state index is 0.0253. The quantitative estimate of drug-likeness (QED) is 0.611. The molecule has 1 aromatic carbocycles. The van der Waals surface area contributed by atoms with E-state index in [2.05, 4.69) is 5.10 Å². The summed E-state index contributed by atoms with van der Waals surface area (Å²) in [5, 5.41) is 23.9. The summed E-state index contributed by atoms with van der Waals surface area (Å²) in [5.41, 5.74) is 4.39. The second-order valence-electron chi connectivity index (χ2n) is 4.14. The first-order valence-electron chi connectivity index (χ1n) is 5.73. The van der Waals surface area contributed by atoms with Gasteiger partial charge in [-0.2, -0.15) is 5.10 Å². The third-order valence-corrected chi connectivity index (χ3v) is 2.76. The van der Waals surface area contributed by atoms with E-state index in [1.807, 2.05) is 0 Å². The molecule has 0 saturated carbocycles. The molecule has 108 valence electrons. The van der Waals surface area contributed by atoms with Crippen LogP contribution in [0, 0.1) is 10.1 Å². The van der Waals surface area contributed by atoms with Gasteiger partial charge in [-0.05, 0) is 11.6 Å². The zero-order chi connectivity index (χ0) is 15.6. The molecule has 0 aliphatic carbocycles. The first-order chi connectivity index (χ1) is 9.90. The summed E-state index contributed by atoms with van der Waals surface area (Å²) in [5.74, 6) is -2.12. The fourth-order valence-corrected chi connectivity index (χ4v) is 1.87. The summed E-state index contributed by atoms with van der Waals surface area (Å²) in [4.78, 5) is 32.3. The first kappa shape index (κ1) is 14.2. The molecule has 2 rings (SSSR count). The van der Waals surface area contributed by atoms with Crippen LogP contribution >= 0.6 is 0 Å². The lowest BCUT2D eigenvalue weighted by Crippen LogP contribution is -2.14. The topological polar surface area (TPSA) is 141 Å². The van der Waals surface area contributed by atoms with Gasteiger partial charge >= 0.3 is 5.97 Å². The van der Waals surface area contributed by atoms with Crippen molar-refractivity contribution >= 4 is 17.6 Å². The Morgan fingerprint density at radius 2 is 2.10 bits per heavy atom. The zero-order valence-electron chi connectivity index (χ0n) is 10.6. The number of carboxylic acid groups (broad SMARTS) is 1. The molecule has 0 radical (unpaired) electrons. The fourth-order valence-electron chi connectivity index (χ4n) is 1.87. The van der Waals surface area contributed by atoms with Crippen molar-refractivity contribution in [1.82, 2.24) is 9.78 Å². The van der Waals surface area contributed by atoms with Crippen molar-refractivity contribution in [3.8, 4) is 0 Å². The molecule has 2 aromatic rings. The van der Waals surface area contributed by atoms with E-state index < -0.39 is 28.1 Å². The summed E-state index contributed by atoms with van der Waals surface area (Å²) in [6.45, 7) is -0.0312. The Kier molecular flexibility index (Phi) is 3.65. The minimum Gasteiger partial charge on any atom is -0.477 e. The molecule has 1 amide bonds. The second kappa shape index (κ2) is 5.41. The number of nitro groups is 1. The third-order valence-electron chi connectivity index (χ3n) is 2.76. The first-order valence-corrected chi connectivity index (χ1v) is 5.73. The fraction of sp³-hybridized carbons (Fsp3) is 0.0833. The Morgan fingerprint density at radius 1 is 1.38 bits per heavy atom. The standard InChI is InChI=1S/C12H10N4O5/c13-11(17)8-4-5-15(14-8)6-7-2-1-3-9(16(20)21)10(7)12(18)19/h1-5H,6H2,(H2,13,17)(H,18,19). The molecule has 1 heterocycles. The van der Waals surface area contributed by atoms with Crippen molar-refractivity contribution in [3.05, 3.63) is 57.4 Å². The maximum atomic E-state index is 11.2. The van der Waals surface area contributed by atoms with Crippen molar-refractivity contribution in [3.63, 3.8) is 0 Å². The highest BCUT2D eigenvalue weighted by atomic mass is 16.6. The lowest BCUT2D eigenvalue weighted by Gasteiger charge is -2.06. The van der Waals surface area contributed by atoms with Crippen molar-refractivity contribution in [1.29, 1.82) is 0 Å². The second-order valence-corrected chi connectivity index (χ2v) is 4.14. The molecule has 21 heavy (non-hydrogen) atoms. The number of carbonyl (C=O) groups excluding carboxylic acids is 1. The summed E-state index contributed by atoms with van der Waals surface area (Å²) in [7, 11) is 0. The van der Waals surface area contributed by atoms with E-state index in [1.165, 1.54) is 29.1 Å². The lowest BCUT2D eigenvalue weighted by atomic mass is 10.1. The van der Waals surface area contributed by atoms with Gasteiger partial charge in [0.2, 0.25) is 0 Å². The van der Waals surface area contributed by atoms with Crippen LogP contribution in [0.15, 0.2) is 30.5 Å². The van der Waals surface area contributed by atoms with Crippen LogP contribution in [0.25, 0.3) is 0 Å². The highest BCUT2D eigenvalue weighted by Gasteiger charge is 2.23. The monoisotopic (exact) mass is 290 g/mol. The van der Waals surface area contributed by atoms with Gasteiger partial charge in [-0.3, -0.25) is 19.6 Å². The third kappa shape index (κ3) is 2.86. The lowest BCUT2D eigenvalue weighted by molar-refractivity contribution is -0.385. The van der Waals surface area contributed by atoms with E-state index in [1.54, 1.807) is 0 Å². The van der Waals surface area contributed by atoms with E-state index >= 15 is 0 Å². The molecule has 0 spiro atoms. The van der Waals surface area contributed by atoms with Crippen LogP contribution in [0.5, 0.6) is 0 Å². The van der Waals surface area contributed by atoms with E-state index in [9.17, 15) is 19.7 Å². The van der Waals surface area contributed by atoms with Crippen LogP contribution in [0.4, 0.5) is 5.69 Å². The molecule has 0 fully saturated rings. The summed E-state index contributed by atoms with van der Waals surface area (Å²) in [6, 6.07) is 5.32. The maximum Gasteiger partial charge on any atom is 0.343 e. The number of benzene rings is 1. The van der Waals surface area contributed by atoms with Gasteiger partial charge in [-0.25, -0.2) is 4.79 Å². The van der Waals surface area contributed by atoms with Crippen molar-refractivity contribution in [2.75, 3.05) is 0 Å². The van der Waals surface area contributed by atoms with Gasteiger partial charge in [0.1, 0.15) is 11.3 Å². The SMILES string of the molecule is NC(=O)c1ccn(Cc2cccc([N+](=O)[O-])c2C(=O)O)n1. The van der Waals surface area contributed by atoms with Crippen LogP contribution in [0.1, 0.15) is 26.4 Å². The Morgan fingerprint density at radius 3 is 2.62 bits per heavy atom. The number of nitrogens with zero attached hydrogens (tertiary/aromatic N) is 3. The summed E-state index contributed by atoms with van der Waals surface area (Å²) >= 11 is 0. The van der Waals surface area contributed by atoms with Crippen LogP contribution in [0.2, 0.25) is 0 Å². The average Bonchev–Trinajstić information content (AvgIpc) is 2.86. The van der Waals surface area contributed by atoms with Gasteiger partial charge in [0.05, 0.1) is 11.5 Å². The number of nitro benzene ring substituents is 1. The molecular formula is C12H10N4O5. The highest BCUT2D eigenvalue weighted by Crippen LogP contribution is 2.23. The number of carbonyl (C=O) groups is 2. The molecule has 0 unspecified atom stereocenters. The highest BCUT2D eigenvalue weighted by molar-refractivity contribution is 5.94. The van der Waals surface area contributed by atoms with Crippen molar-refractivity contribution in [2.24, 2.45) is 5.73 Å². The Balaban J connectivity index is 2.43. The molecule has 0 atom stereocenters. The predicted molar refractivity (Wildman–Crippen MR) is 69.9 cm³/mol. The van der Waals surface area contributed by atoms with Gasteiger partial charge in [0.25, 0.3) is 11.6 Å². The Labute approximate surface area is 117 Å². The average molecular weight is 290 g/mol. The van der Waals surface area contributed by atoms with E-state index in [0.29, 0.717) is 0 Å². The Hall–Kier alpha value is -3.23. The summed E-state index contributed by atoms with van der Waals surface area (Å²) < 4.78 is 1.28. The number of amides is 1. The molecule has 9 nitrogen and oxygen atoms in total. The molecule has 9 heteroatoms. The van der Waals surface area contributed by atoms with Gasteiger partial charge in [-0.15, -0.1) is 0 Å². The summed E-state index contributed by atoms with van der Waals surface area (Å²) in [6.07, 6.45) is 1.44. The minimum atomic E-state index is -1.40.